The third kappa shape index (κ3) is 3.56. The van der Waals surface area contributed by atoms with Gasteiger partial charge in [-0.15, -0.1) is 0 Å². The summed E-state index contributed by atoms with van der Waals surface area (Å²) in [6, 6.07) is 0.0428. The minimum absolute atomic E-state index is 0.0428. The minimum atomic E-state index is -0.314. The van der Waals surface area contributed by atoms with E-state index >= 15 is 0 Å². The molecule has 20 heavy (non-hydrogen) atoms. The van der Waals surface area contributed by atoms with Crippen molar-refractivity contribution < 1.29 is 5.11 Å². The quantitative estimate of drug-likeness (QED) is 0.875. The van der Waals surface area contributed by atoms with Crippen molar-refractivity contribution in [1.82, 2.24) is 15.0 Å². The van der Waals surface area contributed by atoms with E-state index in [0.717, 1.165) is 31.5 Å². The molecule has 0 aromatic carbocycles. The van der Waals surface area contributed by atoms with Crippen molar-refractivity contribution in [2.75, 3.05) is 24.3 Å². The Kier molecular flexibility index (Phi) is 4.75. The highest BCUT2D eigenvalue weighted by molar-refractivity contribution is 5.37. The maximum Gasteiger partial charge on any atom is 0.229 e. The maximum atomic E-state index is 10.0. The Morgan fingerprint density at radius 3 is 2.45 bits per heavy atom. The Bertz CT molecular complexity index is 423. The summed E-state index contributed by atoms with van der Waals surface area (Å²) in [6.45, 7) is 4.13. The molecular formula is C14H25N5O. The molecule has 1 aromatic rings. The molecule has 1 aliphatic rings. The van der Waals surface area contributed by atoms with Gasteiger partial charge in [0.15, 0.2) is 0 Å². The highest BCUT2D eigenvalue weighted by Crippen LogP contribution is 2.22. The summed E-state index contributed by atoms with van der Waals surface area (Å²) in [4.78, 5) is 15.2. The van der Waals surface area contributed by atoms with Crippen LogP contribution >= 0.6 is 0 Å². The summed E-state index contributed by atoms with van der Waals surface area (Å²) in [5.74, 6) is 2.24. The Morgan fingerprint density at radius 2 is 1.85 bits per heavy atom. The highest BCUT2D eigenvalue weighted by atomic mass is 16.3. The fourth-order valence-corrected chi connectivity index (χ4v) is 2.35. The molecule has 0 aliphatic heterocycles. The summed E-state index contributed by atoms with van der Waals surface area (Å²) in [5.41, 5.74) is 0. The summed E-state index contributed by atoms with van der Waals surface area (Å²) < 4.78 is 0. The van der Waals surface area contributed by atoms with Crippen molar-refractivity contribution in [3.63, 3.8) is 0 Å². The lowest BCUT2D eigenvalue weighted by molar-refractivity contribution is 0.116. The van der Waals surface area contributed by atoms with E-state index in [2.05, 4.69) is 34.1 Å². The molecular weight excluding hydrogens is 254 g/mol. The van der Waals surface area contributed by atoms with Crippen LogP contribution in [0.5, 0.6) is 0 Å². The van der Waals surface area contributed by atoms with Gasteiger partial charge in [0.2, 0.25) is 11.9 Å². The Hall–Kier alpha value is -1.43. The average Bonchev–Trinajstić information content (AvgIpc) is 2.41. The van der Waals surface area contributed by atoms with E-state index in [9.17, 15) is 5.11 Å². The Morgan fingerprint density at radius 1 is 1.15 bits per heavy atom. The highest BCUT2D eigenvalue weighted by Gasteiger charge is 2.24. The van der Waals surface area contributed by atoms with E-state index in [1.165, 1.54) is 0 Å². The second-order valence-electron chi connectivity index (χ2n) is 5.97. The van der Waals surface area contributed by atoms with Gasteiger partial charge in [0, 0.05) is 20.0 Å². The standard InChI is InChI=1S/C14H25N5O/c1-9(2)12-16-13(18-14(17-12)19(3)4)15-10-7-5-6-8-11(10)20/h9-11,20H,5-8H2,1-4H3,(H,15,16,17,18)/t10-,11-/m0/s1. The van der Waals surface area contributed by atoms with Crippen LogP contribution in [0.1, 0.15) is 51.3 Å². The third-order valence-corrected chi connectivity index (χ3v) is 3.60. The first-order chi connectivity index (χ1) is 9.47. The first-order valence-corrected chi connectivity index (χ1v) is 7.35. The number of aliphatic hydroxyl groups excluding tert-OH is 1. The summed E-state index contributed by atoms with van der Waals surface area (Å²) in [5, 5.41) is 13.3. The molecule has 0 amide bonds. The van der Waals surface area contributed by atoms with Crippen LogP contribution in [-0.4, -0.2) is 46.3 Å². The van der Waals surface area contributed by atoms with Crippen molar-refractivity contribution in [3.05, 3.63) is 5.82 Å². The summed E-state index contributed by atoms with van der Waals surface area (Å²) in [7, 11) is 3.83. The summed E-state index contributed by atoms with van der Waals surface area (Å²) >= 11 is 0. The molecule has 2 rings (SSSR count). The van der Waals surface area contributed by atoms with Crippen LogP contribution in [0.3, 0.4) is 0 Å². The molecule has 0 saturated heterocycles. The van der Waals surface area contributed by atoms with E-state index in [4.69, 9.17) is 0 Å². The zero-order valence-corrected chi connectivity index (χ0v) is 12.8. The van der Waals surface area contributed by atoms with E-state index in [1.54, 1.807) is 0 Å². The molecule has 0 unspecified atom stereocenters. The number of anilines is 2. The molecule has 1 aliphatic carbocycles. The lowest BCUT2D eigenvalue weighted by Crippen LogP contribution is -2.37. The molecule has 0 spiro atoms. The van der Waals surface area contributed by atoms with Gasteiger partial charge in [-0.05, 0) is 12.8 Å². The first-order valence-electron chi connectivity index (χ1n) is 7.35. The van der Waals surface area contributed by atoms with Gasteiger partial charge in [-0.1, -0.05) is 26.7 Å². The van der Waals surface area contributed by atoms with E-state index in [1.807, 2.05) is 19.0 Å². The zero-order valence-electron chi connectivity index (χ0n) is 12.8. The number of aromatic nitrogens is 3. The van der Waals surface area contributed by atoms with Crippen LogP contribution in [0.4, 0.5) is 11.9 Å². The zero-order chi connectivity index (χ0) is 14.7. The molecule has 1 aromatic heterocycles. The third-order valence-electron chi connectivity index (χ3n) is 3.60. The molecule has 6 nitrogen and oxygen atoms in total. The van der Waals surface area contributed by atoms with Crippen LogP contribution in [0.25, 0.3) is 0 Å². The minimum Gasteiger partial charge on any atom is -0.391 e. The molecule has 112 valence electrons. The van der Waals surface area contributed by atoms with Gasteiger partial charge in [0.25, 0.3) is 0 Å². The van der Waals surface area contributed by atoms with Crippen molar-refractivity contribution in [1.29, 1.82) is 0 Å². The van der Waals surface area contributed by atoms with Gasteiger partial charge in [-0.25, -0.2) is 0 Å². The lowest BCUT2D eigenvalue weighted by atomic mass is 9.93. The van der Waals surface area contributed by atoms with Gasteiger partial charge >= 0.3 is 0 Å². The predicted molar refractivity (Wildman–Crippen MR) is 80.1 cm³/mol. The van der Waals surface area contributed by atoms with Crippen molar-refractivity contribution in [2.45, 2.75) is 57.6 Å². The molecule has 1 saturated carbocycles. The van der Waals surface area contributed by atoms with E-state index in [-0.39, 0.29) is 18.1 Å². The molecule has 6 heteroatoms. The number of nitrogens with one attached hydrogen (secondary N) is 1. The second-order valence-corrected chi connectivity index (χ2v) is 5.97. The maximum absolute atomic E-state index is 10.0. The van der Waals surface area contributed by atoms with Gasteiger partial charge < -0.3 is 15.3 Å². The van der Waals surface area contributed by atoms with Gasteiger partial charge in [-0.2, -0.15) is 15.0 Å². The smallest absolute Gasteiger partial charge is 0.229 e. The number of aliphatic hydroxyl groups is 1. The van der Waals surface area contributed by atoms with Crippen molar-refractivity contribution in [2.24, 2.45) is 0 Å². The normalized spacial score (nSPS) is 22.9. The van der Waals surface area contributed by atoms with Crippen LogP contribution in [0, 0.1) is 0 Å². The number of rotatable bonds is 4. The van der Waals surface area contributed by atoms with Crippen molar-refractivity contribution in [3.8, 4) is 0 Å². The van der Waals surface area contributed by atoms with Gasteiger partial charge in [-0.3, -0.25) is 0 Å². The molecule has 0 radical (unpaired) electrons. The Labute approximate surface area is 120 Å². The van der Waals surface area contributed by atoms with Crippen LogP contribution in [-0.2, 0) is 0 Å². The van der Waals surface area contributed by atoms with Crippen LogP contribution in [0.2, 0.25) is 0 Å². The fraction of sp³-hybridized carbons (Fsp3) is 0.786. The fourth-order valence-electron chi connectivity index (χ4n) is 2.35. The van der Waals surface area contributed by atoms with E-state index < -0.39 is 0 Å². The molecule has 1 heterocycles. The number of nitrogens with zero attached hydrogens (tertiary/aromatic N) is 4. The molecule has 2 atom stereocenters. The SMILES string of the molecule is CC(C)c1nc(N[C@H]2CCCC[C@@H]2O)nc(N(C)C)n1. The number of hydrogen-bond acceptors (Lipinski definition) is 6. The topological polar surface area (TPSA) is 74.2 Å². The number of hydrogen-bond donors (Lipinski definition) is 2. The van der Waals surface area contributed by atoms with Crippen LogP contribution in [0.15, 0.2) is 0 Å². The Balaban J connectivity index is 2.21. The van der Waals surface area contributed by atoms with E-state index in [0.29, 0.717) is 11.9 Å². The monoisotopic (exact) mass is 279 g/mol. The average molecular weight is 279 g/mol. The molecule has 1 fully saturated rings. The predicted octanol–water partition coefficient (Wildman–Crippen LogP) is 1.78. The largest absolute Gasteiger partial charge is 0.391 e. The van der Waals surface area contributed by atoms with Crippen molar-refractivity contribution >= 4 is 11.9 Å². The second kappa shape index (κ2) is 6.35. The first kappa shape index (κ1) is 15.0. The molecule has 0 bridgehead atoms. The van der Waals surface area contributed by atoms with Gasteiger partial charge in [0.1, 0.15) is 5.82 Å². The molecule has 2 N–H and O–H groups in total. The van der Waals surface area contributed by atoms with Crippen LogP contribution < -0.4 is 10.2 Å². The lowest BCUT2D eigenvalue weighted by Gasteiger charge is -2.28. The summed E-state index contributed by atoms with van der Waals surface area (Å²) in [6.07, 6.45) is 3.72. The van der Waals surface area contributed by atoms with Gasteiger partial charge in [0.05, 0.1) is 12.1 Å².